The smallest absolute Gasteiger partial charge is 0.324 e. The summed E-state index contributed by atoms with van der Waals surface area (Å²) in [6, 6.07) is -0.516. The van der Waals surface area contributed by atoms with Crippen LogP contribution in [0.5, 0.6) is 0 Å². The van der Waals surface area contributed by atoms with Crippen molar-refractivity contribution < 1.29 is 9.32 Å². The minimum absolute atomic E-state index is 0.412. The fourth-order valence-electron chi connectivity index (χ4n) is 0.107. The van der Waals surface area contributed by atoms with Crippen LogP contribution in [0.2, 0.25) is 0 Å². The van der Waals surface area contributed by atoms with E-state index in [0.717, 1.165) is 0 Å². The van der Waals surface area contributed by atoms with Crippen molar-refractivity contribution in [2.45, 2.75) is 13.0 Å². The molecule has 0 aromatic heterocycles. The zero-order valence-corrected chi connectivity index (χ0v) is 5.20. The molecule has 2 N–H and O–H groups in total. The Hall–Kier alpha value is -0.140. The Morgan fingerprint density at radius 3 is 2.43 bits per heavy atom. The van der Waals surface area contributed by atoms with Crippen LogP contribution in [0.1, 0.15) is 6.92 Å². The van der Waals surface area contributed by atoms with Gasteiger partial charge in [0.15, 0.2) is 0 Å². The van der Waals surface area contributed by atoms with Crippen molar-refractivity contribution in [1.29, 1.82) is 0 Å². The van der Waals surface area contributed by atoms with E-state index in [1.54, 1.807) is 6.92 Å². The molecule has 42 valence electrons. The fraction of sp³-hybridized carbons (Fsp3) is 0.667. The van der Waals surface area contributed by atoms with E-state index < -0.39 is 12.0 Å². The summed E-state index contributed by atoms with van der Waals surface area (Å²) >= 11 is 0. The molecular weight excluding hydrogens is 113 g/mol. The van der Waals surface area contributed by atoms with E-state index in [1.165, 1.54) is 0 Å². The molecule has 0 aliphatic rings. The molecule has 0 aromatic carbocycles. The minimum atomic E-state index is -0.516. The highest BCUT2D eigenvalue weighted by atomic mass is 31.0. The number of nitrogens with two attached hydrogens (primary N) is 1. The van der Waals surface area contributed by atoms with Crippen molar-refractivity contribution in [1.82, 2.24) is 0 Å². The van der Waals surface area contributed by atoms with Gasteiger partial charge >= 0.3 is 5.97 Å². The third-order valence-corrected chi connectivity index (χ3v) is 0.720. The highest BCUT2D eigenvalue weighted by Gasteiger charge is 2.03. The van der Waals surface area contributed by atoms with Crippen molar-refractivity contribution in [2.24, 2.45) is 5.73 Å². The lowest BCUT2D eigenvalue weighted by Crippen LogP contribution is -2.26. The van der Waals surface area contributed by atoms with E-state index in [2.05, 4.69) is 4.52 Å². The van der Waals surface area contributed by atoms with Crippen LogP contribution in [0.4, 0.5) is 0 Å². The van der Waals surface area contributed by atoms with Gasteiger partial charge in [-0.25, -0.2) is 0 Å². The summed E-state index contributed by atoms with van der Waals surface area (Å²) in [5.41, 5.74) is 5.06. The molecule has 0 heterocycles. The van der Waals surface area contributed by atoms with Gasteiger partial charge in [-0.15, -0.1) is 0 Å². The van der Waals surface area contributed by atoms with Gasteiger partial charge in [-0.05, 0) is 6.92 Å². The predicted molar refractivity (Wildman–Crippen MR) is 29.5 cm³/mol. The van der Waals surface area contributed by atoms with E-state index in [4.69, 9.17) is 5.73 Å². The molecule has 3 nitrogen and oxygen atoms in total. The second-order valence-corrected chi connectivity index (χ2v) is 1.46. The molecule has 0 saturated heterocycles. The normalized spacial score (nSPS) is 13.0. The summed E-state index contributed by atoms with van der Waals surface area (Å²) in [4.78, 5) is 10.1. The van der Waals surface area contributed by atoms with Crippen molar-refractivity contribution >= 4 is 15.4 Å². The summed E-state index contributed by atoms with van der Waals surface area (Å²) in [5.74, 6) is -0.412. The molecule has 0 amide bonds. The van der Waals surface area contributed by atoms with Crippen LogP contribution in [0, 0.1) is 0 Å². The summed E-state index contributed by atoms with van der Waals surface area (Å²) in [6.45, 7) is 1.56. The van der Waals surface area contributed by atoms with E-state index in [9.17, 15) is 4.79 Å². The van der Waals surface area contributed by atoms with Gasteiger partial charge in [0.2, 0.25) is 0 Å². The zero-order valence-electron chi connectivity index (χ0n) is 4.05. The zero-order chi connectivity index (χ0) is 5.86. The lowest BCUT2D eigenvalue weighted by Gasteiger charge is -1.98. The van der Waals surface area contributed by atoms with Crippen LogP contribution in [0.15, 0.2) is 0 Å². The molecule has 0 aliphatic carbocycles. The lowest BCUT2D eigenvalue weighted by atomic mass is 10.4. The van der Waals surface area contributed by atoms with Crippen molar-refractivity contribution in [3.8, 4) is 0 Å². The molecule has 0 aromatic rings. The van der Waals surface area contributed by atoms with Crippen LogP contribution in [0.3, 0.4) is 0 Å². The average molecular weight is 121 g/mol. The largest absolute Gasteiger partial charge is 0.450 e. The second kappa shape index (κ2) is 2.94. The third-order valence-electron chi connectivity index (χ3n) is 0.488. The maximum Gasteiger partial charge on any atom is 0.324 e. The highest BCUT2D eigenvalue weighted by Crippen LogP contribution is 1.88. The highest BCUT2D eigenvalue weighted by molar-refractivity contribution is 7.10. The third kappa shape index (κ3) is 2.54. The number of rotatable bonds is 1. The van der Waals surface area contributed by atoms with Crippen LogP contribution >= 0.6 is 9.47 Å². The van der Waals surface area contributed by atoms with E-state index >= 15 is 0 Å². The molecule has 2 atom stereocenters. The average Bonchev–Trinajstić information content (AvgIpc) is 1.65. The quantitative estimate of drug-likeness (QED) is 0.483. The molecule has 0 fully saturated rings. The summed E-state index contributed by atoms with van der Waals surface area (Å²) in [5, 5.41) is 0. The fourth-order valence-corrected chi connectivity index (χ4v) is 0.322. The molecule has 0 bridgehead atoms. The first kappa shape index (κ1) is 6.86. The van der Waals surface area contributed by atoms with Crippen LogP contribution < -0.4 is 5.73 Å². The first-order chi connectivity index (χ1) is 3.18. The maximum atomic E-state index is 10.1. The van der Waals surface area contributed by atoms with Crippen LogP contribution in [0.25, 0.3) is 0 Å². The van der Waals surface area contributed by atoms with Gasteiger partial charge in [-0.3, -0.25) is 4.79 Å². The maximum absolute atomic E-state index is 10.1. The van der Waals surface area contributed by atoms with Crippen LogP contribution in [-0.4, -0.2) is 12.0 Å². The number of hydrogen-bond donors (Lipinski definition) is 1. The van der Waals surface area contributed by atoms with Crippen molar-refractivity contribution in [2.75, 3.05) is 0 Å². The summed E-state index contributed by atoms with van der Waals surface area (Å²) < 4.78 is 4.16. The van der Waals surface area contributed by atoms with E-state index in [-0.39, 0.29) is 0 Å². The summed E-state index contributed by atoms with van der Waals surface area (Å²) in [7, 11) is 1.83. The Labute approximate surface area is 44.5 Å². The number of carbonyl (C=O) groups is 1. The number of hydrogen-bond acceptors (Lipinski definition) is 3. The molecule has 0 spiro atoms. The van der Waals surface area contributed by atoms with Gasteiger partial charge in [0.05, 0.1) is 9.47 Å². The molecule has 0 aliphatic heterocycles. The molecule has 2 unspecified atom stereocenters. The molecular formula is C3H8NO2P. The number of carbonyl (C=O) groups excluding carboxylic acids is 1. The first-order valence-corrected chi connectivity index (χ1v) is 2.31. The Bertz CT molecular complexity index is 73.3. The van der Waals surface area contributed by atoms with E-state index in [0.29, 0.717) is 0 Å². The molecule has 7 heavy (non-hydrogen) atoms. The van der Waals surface area contributed by atoms with Gasteiger partial charge in [0, 0.05) is 0 Å². The Morgan fingerprint density at radius 1 is 2.00 bits per heavy atom. The second-order valence-electron chi connectivity index (χ2n) is 1.23. The Kier molecular flexibility index (Phi) is 2.88. The summed E-state index contributed by atoms with van der Waals surface area (Å²) in [6.07, 6.45) is 0. The molecule has 0 saturated carbocycles. The van der Waals surface area contributed by atoms with Crippen molar-refractivity contribution in [3.63, 3.8) is 0 Å². The monoisotopic (exact) mass is 121 g/mol. The van der Waals surface area contributed by atoms with Crippen molar-refractivity contribution in [3.05, 3.63) is 0 Å². The van der Waals surface area contributed by atoms with Gasteiger partial charge < -0.3 is 10.3 Å². The van der Waals surface area contributed by atoms with Gasteiger partial charge in [0.1, 0.15) is 6.04 Å². The Morgan fingerprint density at radius 2 is 2.43 bits per heavy atom. The first-order valence-electron chi connectivity index (χ1n) is 1.84. The predicted octanol–water partition coefficient (Wildman–Crippen LogP) is -0.333. The Balaban J connectivity index is 3.35. The molecule has 0 radical (unpaired) electrons. The van der Waals surface area contributed by atoms with Gasteiger partial charge in [-0.1, -0.05) is 0 Å². The van der Waals surface area contributed by atoms with Gasteiger partial charge in [0.25, 0.3) is 0 Å². The van der Waals surface area contributed by atoms with Gasteiger partial charge in [-0.2, -0.15) is 0 Å². The topological polar surface area (TPSA) is 52.3 Å². The standard InChI is InChI=1S/C3H8NO2P/c1-2(4)3(5)6-7/h2H,4,7H2,1H3. The molecule has 0 rings (SSSR count). The van der Waals surface area contributed by atoms with Crippen LogP contribution in [-0.2, 0) is 9.32 Å². The molecule has 4 heteroatoms. The lowest BCUT2D eigenvalue weighted by molar-refractivity contribution is -0.134. The van der Waals surface area contributed by atoms with E-state index in [1.807, 2.05) is 9.47 Å². The SMILES string of the molecule is CC(N)C(=O)OP. The minimum Gasteiger partial charge on any atom is -0.450 e.